The second-order valence-electron chi connectivity index (χ2n) is 8.02. The van der Waals surface area contributed by atoms with Crippen molar-refractivity contribution in [2.45, 2.75) is 17.5 Å². The van der Waals surface area contributed by atoms with E-state index in [0.717, 1.165) is 10.8 Å². The van der Waals surface area contributed by atoms with Crippen LogP contribution in [0.5, 0.6) is 0 Å². The van der Waals surface area contributed by atoms with Crippen molar-refractivity contribution < 1.29 is 28.2 Å². The van der Waals surface area contributed by atoms with Crippen LogP contribution >= 0.6 is 0 Å². The highest BCUT2D eigenvalue weighted by Crippen LogP contribution is 2.26. The molecule has 8 nitrogen and oxygen atoms in total. The maximum atomic E-state index is 12.7. The molecule has 178 valence electrons. The number of carboxylic acid groups (broad SMARTS) is 1. The molecular weight excluding hydrogens is 468 g/mol. The summed E-state index contributed by atoms with van der Waals surface area (Å²) in [7, 11) is -3.78. The number of amides is 1. The Labute approximate surface area is 201 Å². The van der Waals surface area contributed by atoms with E-state index in [2.05, 4.69) is 5.32 Å². The highest BCUT2D eigenvalue weighted by Gasteiger charge is 2.14. The predicted octanol–water partition coefficient (Wildman–Crippen LogP) is 3.20. The normalized spacial score (nSPS) is 12.3. The Bertz CT molecular complexity index is 1510. The van der Waals surface area contributed by atoms with Crippen molar-refractivity contribution in [3.05, 3.63) is 113 Å². The van der Waals surface area contributed by atoms with E-state index >= 15 is 0 Å². The van der Waals surface area contributed by atoms with Crippen LogP contribution in [0.4, 0.5) is 0 Å². The van der Waals surface area contributed by atoms with Gasteiger partial charge in [-0.15, -0.1) is 0 Å². The molecule has 0 saturated heterocycles. The Hall–Kier alpha value is -4.05. The number of aromatic carboxylic acids is 1. The molecule has 4 aromatic rings. The molecule has 0 aliphatic heterocycles. The molecule has 35 heavy (non-hydrogen) atoms. The summed E-state index contributed by atoms with van der Waals surface area (Å²) < 4.78 is 22.7. The van der Waals surface area contributed by atoms with Crippen molar-refractivity contribution in [1.82, 2.24) is 5.32 Å². The van der Waals surface area contributed by atoms with Crippen molar-refractivity contribution >= 4 is 32.7 Å². The third-order valence-corrected chi connectivity index (χ3v) is 6.55. The van der Waals surface area contributed by atoms with Gasteiger partial charge in [-0.05, 0) is 69.9 Å². The number of primary sulfonamides is 1. The van der Waals surface area contributed by atoms with Gasteiger partial charge in [0.15, 0.2) is 0 Å². The largest absolute Gasteiger partial charge is 0.478 e. The van der Waals surface area contributed by atoms with E-state index in [1.54, 1.807) is 48.5 Å². The van der Waals surface area contributed by atoms with Gasteiger partial charge in [0.25, 0.3) is 5.91 Å². The molecule has 0 aliphatic carbocycles. The SMILES string of the molecule is NS(=O)(=O)c1ccc(CNC(=O)c2ccc3ccc(C(O)c4ccc(C(=O)O)cc4)cc3c2)cc1. The number of rotatable bonds is 7. The number of carboxylic acids is 1. The Kier molecular flexibility index (Phi) is 6.65. The molecule has 0 spiro atoms. The summed E-state index contributed by atoms with van der Waals surface area (Å²) in [6.45, 7) is 0.201. The Balaban J connectivity index is 1.50. The Morgan fingerprint density at radius 1 is 0.800 bits per heavy atom. The van der Waals surface area contributed by atoms with E-state index in [4.69, 9.17) is 10.2 Å². The highest BCUT2D eigenvalue weighted by molar-refractivity contribution is 7.89. The minimum Gasteiger partial charge on any atom is -0.478 e. The van der Waals surface area contributed by atoms with Crippen LogP contribution in [0.25, 0.3) is 10.8 Å². The number of hydrogen-bond donors (Lipinski definition) is 4. The maximum absolute atomic E-state index is 12.7. The molecule has 5 N–H and O–H groups in total. The van der Waals surface area contributed by atoms with Crippen molar-refractivity contribution in [3.63, 3.8) is 0 Å². The van der Waals surface area contributed by atoms with Gasteiger partial charge in [0.1, 0.15) is 6.10 Å². The number of carbonyl (C=O) groups excluding carboxylic acids is 1. The quantitative estimate of drug-likeness (QED) is 0.313. The predicted molar refractivity (Wildman–Crippen MR) is 130 cm³/mol. The lowest BCUT2D eigenvalue weighted by Gasteiger charge is -2.13. The first-order valence-electron chi connectivity index (χ1n) is 10.6. The summed E-state index contributed by atoms with van der Waals surface area (Å²) >= 11 is 0. The average molecular weight is 491 g/mol. The minimum atomic E-state index is -3.78. The van der Waals surface area contributed by atoms with Gasteiger partial charge in [-0.3, -0.25) is 4.79 Å². The van der Waals surface area contributed by atoms with Gasteiger partial charge >= 0.3 is 5.97 Å². The first kappa shape index (κ1) is 24.1. The summed E-state index contributed by atoms with van der Waals surface area (Å²) in [6.07, 6.45) is -0.958. The standard InChI is InChI=1S/C26H22N2O6S/c27-35(33,34)23-11-1-16(2-12-23)15-28-25(30)21-10-4-17-3-9-20(13-22(17)14-21)24(29)18-5-7-19(8-6-18)26(31)32/h1-14,24,29H,15H2,(H,28,30)(H,31,32)(H2,27,33,34). The van der Waals surface area contributed by atoms with Crippen LogP contribution in [0.3, 0.4) is 0 Å². The second kappa shape index (κ2) is 9.67. The van der Waals surface area contributed by atoms with Crippen LogP contribution < -0.4 is 10.5 Å². The monoisotopic (exact) mass is 490 g/mol. The smallest absolute Gasteiger partial charge is 0.335 e. The van der Waals surface area contributed by atoms with Crippen LogP contribution in [0.2, 0.25) is 0 Å². The van der Waals surface area contributed by atoms with Gasteiger partial charge in [-0.25, -0.2) is 18.4 Å². The number of benzene rings is 4. The molecule has 1 unspecified atom stereocenters. The molecule has 4 aromatic carbocycles. The van der Waals surface area contributed by atoms with Gasteiger partial charge in [-0.1, -0.05) is 42.5 Å². The van der Waals surface area contributed by atoms with Gasteiger partial charge in [0, 0.05) is 12.1 Å². The van der Waals surface area contributed by atoms with E-state index in [9.17, 15) is 23.1 Å². The summed E-state index contributed by atoms with van der Waals surface area (Å²) in [5.41, 5.74) is 2.43. The number of hydrogen-bond acceptors (Lipinski definition) is 5. The molecule has 0 heterocycles. The van der Waals surface area contributed by atoms with Crippen LogP contribution in [0.15, 0.2) is 89.8 Å². The fourth-order valence-corrected chi connectivity index (χ4v) is 4.17. The van der Waals surface area contributed by atoms with Crippen molar-refractivity contribution in [2.24, 2.45) is 5.14 Å². The lowest BCUT2D eigenvalue weighted by Crippen LogP contribution is -2.22. The maximum Gasteiger partial charge on any atom is 0.335 e. The zero-order valence-electron chi connectivity index (χ0n) is 18.4. The number of sulfonamides is 1. The average Bonchev–Trinajstić information content (AvgIpc) is 2.86. The molecule has 4 rings (SSSR count). The number of nitrogens with one attached hydrogen (secondary N) is 1. The molecule has 0 aromatic heterocycles. The Morgan fingerprint density at radius 3 is 2.03 bits per heavy atom. The molecule has 0 aliphatic rings. The molecule has 0 fully saturated rings. The third kappa shape index (κ3) is 5.55. The van der Waals surface area contributed by atoms with Crippen LogP contribution in [0, 0.1) is 0 Å². The molecule has 0 bridgehead atoms. The highest BCUT2D eigenvalue weighted by atomic mass is 32.2. The van der Waals surface area contributed by atoms with Gasteiger partial charge in [-0.2, -0.15) is 0 Å². The summed E-state index contributed by atoms with van der Waals surface area (Å²) in [6, 6.07) is 22.6. The number of fused-ring (bicyclic) bond motifs is 1. The molecule has 0 radical (unpaired) electrons. The van der Waals surface area contributed by atoms with Gasteiger partial charge < -0.3 is 15.5 Å². The second-order valence-corrected chi connectivity index (χ2v) is 9.58. The van der Waals surface area contributed by atoms with Crippen LogP contribution in [0.1, 0.15) is 43.5 Å². The zero-order valence-corrected chi connectivity index (χ0v) is 19.2. The molecular formula is C26H22N2O6S. The van der Waals surface area contributed by atoms with Crippen LogP contribution in [-0.2, 0) is 16.6 Å². The van der Waals surface area contributed by atoms with E-state index in [1.165, 1.54) is 24.3 Å². The van der Waals surface area contributed by atoms with E-state index in [1.807, 2.05) is 12.1 Å². The summed E-state index contributed by atoms with van der Waals surface area (Å²) in [5.74, 6) is -1.35. The third-order valence-electron chi connectivity index (χ3n) is 5.62. The van der Waals surface area contributed by atoms with Crippen molar-refractivity contribution in [1.29, 1.82) is 0 Å². The zero-order chi connectivity index (χ0) is 25.2. The first-order valence-corrected chi connectivity index (χ1v) is 12.1. The van der Waals surface area contributed by atoms with Crippen molar-refractivity contribution in [3.8, 4) is 0 Å². The number of carbonyl (C=O) groups is 2. The summed E-state index contributed by atoms with van der Waals surface area (Å²) in [5, 5.41) is 29.3. The fourth-order valence-electron chi connectivity index (χ4n) is 3.66. The fraction of sp³-hybridized carbons (Fsp3) is 0.0769. The van der Waals surface area contributed by atoms with Crippen molar-refractivity contribution in [2.75, 3.05) is 0 Å². The van der Waals surface area contributed by atoms with E-state index in [-0.39, 0.29) is 22.9 Å². The number of nitrogens with two attached hydrogens (primary N) is 1. The first-order chi connectivity index (χ1) is 16.6. The molecule has 1 atom stereocenters. The molecule has 9 heteroatoms. The van der Waals surface area contributed by atoms with E-state index in [0.29, 0.717) is 22.3 Å². The van der Waals surface area contributed by atoms with Crippen LogP contribution in [-0.4, -0.2) is 30.5 Å². The summed E-state index contributed by atoms with van der Waals surface area (Å²) in [4.78, 5) is 23.7. The van der Waals surface area contributed by atoms with Gasteiger partial charge in [0.2, 0.25) is 10.0 Å². The number of aliphatic hydroxyl groups excluding tert-OH is 1. The van der Waals surface area contributed by atoms with Gasteiger partial charge in [0.05, 0.1) is 10.5 Å². The molecule has 1 amide bonds. The number of aliphatic hydroxyl groups is 1. The molecule has 0 saturated carbocycles. The topological polar surface area (TPSA) is 147 Å². The lowest BCUT2D eigenvalue weighted by molar-refractivity contribution is 0.0696. The minimum absolute atomic E-state index is 0.00192. The van der Waals surface area contributed by atoms with E-state index < -0.39 is 22.1 Å². The lowest BCUT2D eigenvalue weighted by atomic mass is 9.97. The Morgan fingerprint density at radius 2 is 1.40 bits per heavy atom.